The van der Waals surface area contributed by atoms with Crippen LogP contribution in [0.25, 0.3) is 6.08 Å². The number of hydrogen-bond donors (Lipinski definition) is 3. The first-order valence-corrected chi connectivity index (χ1v) is 11.5. The van der Waals surface area contributed by atoms with Gasteiger partial charge in [0.25, 0.3) is 0 Å². The second-order valence-corrected chi connectivity index (χ2v) is 8.92. The number of carbonyl (C=O) groups is 1. The molecule has 0 aromatic heterocycles. The molecular formula is C24H33NO7. The summed E-state index contributed by atoms with van der Waals surface area (Å²) in [7, 11) is 0. The van der Waals surface area contributed by atoms with E-state index >= 15 is 0 Å². The molecule has 1 aromatic rings. The number of hydrogen-bond acceptors (Lipinski definition) is 8. The second kappa shape index (κ2) is 10.3. The van der Waals surface area contributed by atoms with E-state index < -0.39 is 30.7 Å². The molecule has 32 heavy (non-hydrogen) atoms. The zero-order chi connectivity index (χ0) is 22.7. The Kier molecular flexibility index (Phi) is 7.48. The van der Waals surface area contributed by atoms with E-state index in [0.717, 1.165) is 37.9 Å². The van der Waals surface area contributed by atoms with E-state index in [4.69, 9.17) is 14.2 Å². The summed E-state index contributed by atoms with van der Waals surface area (Å²) in [6.07, 6.45) is 2.97. The molecule has 8 heteroatoms. The van der Waals surface area contributed by atoms with E-state index in [1.165, 1.54) is 18.9 Å². The molecule has 0 radical (unpaired) electrons. The van der Waals surface area contributed by atoms with Gasteiger partial charge in [0.05, 0.1) is 6.10 Å². The van der Waals surface area contributed by atoms with Gasteiger partial charge >= 0.3 is 5.97 Å². The molecule has 0 spiro atoms. The molecule has 0 saturated carbocycles. The van der Waals surface area contributed by atoms with Crippen molar-refractivity contribution in [3.63, 3.8) is 0 Å². The van der Waals surface area contributed by atoms with Gasteiger partial charge in [-0.25, -0.2) is 4.79 Å². The zero-order valence-electron chi connectivity index (χ0n) is 18.4. The first-order chi connectivity index (χ1) is 15.4. The summed E-state index contributed by atoms with van der Waals surface area (Å²) in [5.41, 5.74) is 0.797. The zero-order valence-corrected chi connectivity index (χ0v) is 18.4. The molecule has 3 saturated heterocycles. The average molecular weight is 448 g/mol. The van der Waals surface area contributed by atoms with Gasteiger partial charge in [-0.15, -0.1) is 0 Å². The standard InChI is InChI=1S/C24H33NO7/c1-15-21(27)22(28)23(29)24(30-15)31-17-10-7-16(8-11-17)9-12-20(26)32-19-6-4-14-25-13-3-2-5-18(19)25/h7-12,15,18-19,21-24,27-29H,2-6,13-14H2,1H3/b12-9+/t15-,18+,19-,21-,22+,23+,24-/m0/s1. The molecule has 0 unspecified atom stereocenters. The lowest BCUT2D eigenvalue weighted by atomic mass is 9.90. The monoisotopic (exact) mass is 447 g/mol. The molecule has 176 valence electrons. The fourth-order valence-electron chi connectivity index (χ4n) is 4.80. The Morgan fingerprint density at radius 3 is 2.56 bits per heavy atom. The van der Waals surface area contributed by atoms with Gasteiger partial charge in [-0.3, -0.25) is 4.90 Å². The molecule has 8 nitrogen and oxygen atoms in total. The van der Waals surface area contributed by atoms with Crippen molar-refractivity contribution in [1.82, 2.24) is 4.90 Å². The van der Waals surface area contributed by atoms with Crippen molar-refractivity contribution in [1.29, 1.82) is 0 Å². The third kappa shape index (κ3) is 5.32. The highest BCUT2D eigenvalue weighted by Gasteiger charge is 2.43. The van der Waals surface area contributed by atoms with Crippen molar-refractivity contribution in [3.8, 4) is 5.75 Å². The second-order valence-electron chi connectivity index (χ2n) is 8.92. The highest BCUT2D eigenvalue weighted by atomic mass is 16.7. The molecular weight excluding hydrogens is 414 g/mol. The van der Waals surface area contributed by atoms with E-state index in [-0.39, 0.29) is 12.1 Å². The summed E-state index contributed by atoms with van der Waals surface area (Å²) < 4.78 is 16.8. The van der Waals surface area contributed by atoms with E-state index in [9.17, 15) is 20.1 Å². The molecule has 3 N–H and O–H groups in total. The fraction of sp³-hybridized carbons (Fsp3) is 0.625. The van der Waals surface area contributed by atoms with Crippen molar-refractivity contribution in [2.75, 3.05) is 13.1 Å². The van der Waals surface area contributed by atoms with Crippen molar-refractivity contribution in [2.24, 2.45) is 0 Å². The first-order valence-electron chi connectivity index (χ1n) is 11.5. The minimum absolute atomic E-state index is 0.0323. The van der Waals surface area contributed by atoms with Crippen molar-refractivity contribution in [2.45, 2.75) is 81.9 Å². The summed E-state index contributed by atoms with van der Waals surface area (Å²) >= 11 is 0. The van der Waals surface area contributed by atoms with Gasteiger partial charge in [0.2, 0.25) is 6.29 Å². The van der Waals surface area contributed by atoms with Crippen LogP contribution in [0.4, 0.5) is 0 Å². The average Bonchev–Trinajstić information content (AvgIpc) is 2.81. The van der Waals surface area contributed by atoms with Crippen LogP contribution in [0.5, 0.6) is 5.75 Å². The van der Waals surface area contributed by atoms with Crippen LogP contribution in [-0.4, -0.2) is 82.1 Å². The molecule has 4 rings (SSSR count). The smallest absolute Gasteiger partial charge is 0.331 e. The molecule has 7 atom stereocenters. The van der Waals surface area contributed by atoms with Crippen molar-refractivity contribution in [3.05, 3.63) is 35.9 Å². The number of ether oxygens (including phenoxy) is 3. The van der Waals surface area contributed by atoms with Gasteiger partial charge in [-0.05, 0) is 69.5 Å². The lowest BCUT2D eigenvalue weighted by Crippen LogP contribution is -2.58. The number of benzene rings is 1. The van der Waals surface area contributed by atoms with Gasteiger partial charge in [0, 0.05) is 12.1 Å². The maximum absolute atomic E-state index is 12.4. The number of aliphatic hydroxyl groups excluding tert-OH is 3. The Hall–Kier alpha value is -1.97. The van der Waals surface area contributed by atoms with E-state index in [0.29, 0.717) is 11.8 Å². The molecule has 0 amide bonds. The van der Waals surface area contributed by atoms with Crippen molar-refractivity contribution >= 4 is 12.0 Å². The van der Waals surface area contributed by atoms with Crippen LogP contribution in [0.2, 0.25) is 0 Å². The highest BCUT2D eigenvalue weighted by molar-refractivity contribution is 5.87. The molecule has 0 bridgehead atoms. The lowest BCUT2D eigenvalue weighted by molar-refractivity contribution is -0.268. The minimum Gasteiger partial charge on any atom is -0.462 e. The van der Waals surface area contributed by atoms with Crippen LogP contribution < -0.4 is 4.74 Å². The minimum atomic E-state index is -1.37. The molecule has 0 aliphatic carbocycles. The Labute approximate surface area is 188 Å². The Morgan fingerprint density at radius 1 is 1.03 bits per heavy atom. The topological polar surface area (TPSA) is 109 Å². The van der Waals surface area contributed by atoms with Crippen LogP contribution in [0.3, 0.4) is 0 Å². The summed E-state index contributed by atoms with van der Waals surface area (Å²) in [6, 6.07) is 7.26. The predicted octanol–water partition coefficient (Wildman–Crippen LogP) is 1.47. The number of aliphatic hydroxyl groups is 3. The first kappa shape index (κ1) is 23.2. The number of nitrogens with zero attached hydrogens (tertiary/aromatic N) is 1. The summed E-state index contributed by atoms with van der Waals surface area (Å²) in [5.74, 6) is 0.104. The van der Waals surface area contributed by atoms with E-state index in [1.807, 2.05) is 0 Å². The van der Waals surface area contributed by atoms with Gasteiger partial charge in [0.15, 0.2) is 0 Å². The van der Waals surface area contributed by atoms with Crippen LogP contribution in [0, 0.1) is 0 Å². The number of fused-ring (bicyclic) bond motifs is 1. The van der Waals surface area contributed by atoms with Crippen LogP contribution in [-0.2, 0) is 14.3 Å². The molecule has 1 aromatic carbocycles. The lowest BCUT2D eigenvalue weighted by Gasteiger charge is -2.43. The Balaban J connectivity index is 1.30. The number of esters is 1. The van der Waals surface area contributed by atoms with E-state index in [1.54, 1.807) is 37.3 Å². The van der Waals surface area contributed by atoms with Crippen LogP contribution >= 0.6 is 0 Å². The summed E-state index contributed by atoms with van der Waals surface area (Å²) in [4.78, 5) is 14.8. The quantitative estimate of drug-likeness (QED) is 0.460. The summed E-state index contributed by atoms with van der Waals surface area (Å²) in [5, 5.41) is 29.7. The maximum Gasteiger partial charge on any atom is 0.331 e. The molecule has 3 heterocycles. The Bertz CT molecular complexity index is 796. The third-order valence-corrected chi connectivity index (χ3v) is 6.65. The van der Waals surface area contributed by atoms with Gasteiger partial charge in [0.1, 0.15) is 30.2 Å². The van der Waals surface area contributed by atoms with Crippen LogP contribution in [0.1, 0.15) is 44.6 Å². The molecule has 3 aliphatic rings. The number of rotatable bonds is 5. The largest absolute Gasteiger partial charge is 0.462 e. The normalized spacial score (nSPS) is 35.9. The molecule has 3 fully saturated rings. The molecule has 3 aliphatic heterocycles. The highest BCUT2D eigenvalue weighted by Crippen LogP contribution is 2.29. The number of piperidine rings is 2. The predicted molar refractivity (Wildman–Crippen MR) is 117 cm³/mol. The SMILES string of the molecule is C[C@@H]1O[C@@H](Oc2ccc(/C=C/C(=O)O[C@H]3CCCN4CCCC[C@H]34)cc2)[C@H](O)[C@H](O)[C@H]1O. The van der Waals surface area contributed by atoms with Crippen molar-refractivity contribution < 1.29 is 34.3 Å². The summed E-state index contributed by atoms with van der Waals surface area (Å²) in [6.45, 7) is 3.80. The van der Waals surface area contributed by atoms with E-state index in [2.05, 4.69) is 4.90 Å². The van der Waals surface area contributed by atoms with Gasteiger partial charge in [-0.1, -0.05) is 18.6 Å². The maximum atomic E-state index is 12.4. The number of carbonyl (C=O) groups excluding carboxylic acids is 1. The van der Waals surface area contributed by atoms with Gasteiger partial charge in [-0.2, -0.15) is 0 Å². The third-order valence-electron chi connectivity index (χ3n) is 6.65. The Morgan fingerprint density at radius 2 is 1.78 bits per heavy atom. The fourth-order valence-corrected chi connectivity index (χ4v) is 4.80. The van der Waals surface area contributed by atoms with Gasteiger partial charge < -0.3 is 29.5 Å². The van der Waals surface area contributed by atoms with Crippen LogP contribution in [0.15, 0.2) is 30.3 Å².